The van der Waals surface area contributed by atoms with E-state index in [0.717, 1.165) is 22.3 Å². The van der Waals surface area contributed by atoms with Crippen LogP contribution in [0, 0.1) is 0 Å². The van der Waals surface area contributed by atoms with E-state index in [1.165, 1.54) is 21.3 Å². The van der Waals surface area contributed by atoms with Crippen LogP contribution in [0.1, 0.15) is 58.4 Å². The summed E-state index contributed by atoms with van der Waals surface area (Å²) < 4.78 is 27.8. The average molecular weight is 885 g/mol. The van der Waals surface area contributed by atoms with Crippen LogP contribution >= 0.6 is 0 Å². The first kappa shape index (κ1) is 48.4. The normalized spacial score (nSPS) is 12.1. The minimum absolute atomic E-state index is 0.0880. The third-order valence-corrected chi connectivity index (χ3v) is 9.51. The molecule has 0 radical (unpaired) electrons. The molecule has 14 nitrogen and oxygen atoms in total. The summed E-state index contributed by atoms with van der Waals surface area (Å²) in [5.41, 5.74) is 6.36. The molecule has 0 bridgehead atoms. The third-order valence-electron chi connectivity index (χ3n) is 9.51. The van der Waals surface area contributed by atoms with Crippen LogP contribution in [-0.4, -0.2) is 73.2 Å². The van der Waals surface area contributed by atoms with E-state index < -0.39 is 24.1 Å². The first-order chi connectivity index (χ1) is 31.6. The highest BCUT2D eigenvalue weighted by Gasteiger charge is 2.14. The molecule has 0 spiro atoms. The van der Waals surface area contributed by atoms with Gasteiger partial charge in [0.2, 0.25) is 0 Å². The van der Waals surface area contributed by atoms with Crippen LogP contribution in [-0.2, 0) is 37.2 Å². The molecule has 2 unspecified atom stereocenters. The van der Waals surface area contributed by atoms with Gasteiger partial charge < -0.3 is 48.7 Å². The van der Waals surface area contributed by atoms with Crippen molar-refractivity contribution in [3.63, 3.8) is 0 Å². The van der Waals surface area contributed by atoms with Gasteiger partial charge in [0.05, 0.1) is 32.2 Å². The van der Waals surface area contributed by atoms with Crippen molar-refractivity contribution in [1.82, 2.24) is 0 Å². The van der Waals surface area contributed by atoms with Crippen molar-refractivity contribution in [2.24, 2.45) is 10.3 Å². The Morgan fingerprint density at radius 2 is 0.831 bits per heavy atom. The number of carboxylic acids is 1. The molecule has 0 fully saturated rings. The van der Waals surface area contributed by atoms with Crippen LogP contribution in [0.2, 0.25) is 0 Å². The number of oxime groups is 2. The van der Waals surface area contributed by atoms with E-state index in [1.54, 1.807) is 48.5 Å². The number of benzene rings is 6. The van der Waals surface area contributed by atoms with E-state index in [1.807, 2.05) is 109 Å². The van der Waals surface area contributed by atoms with E-state index in [9.17, 15) is 19.8 Å². The summed E-state index contributed by atoms with van der Waals surface area (Å²) in [6.07, 6.45) is -2.37. The summed E-state index contributed by atoms with van der Waals surface area (Å²) in [5.74, 6) is 1.19. The Bertz CT molecular complexity index is 2390. The van der Waals surface area contributed by atoms with E-state index >= 15 is 0 Å². The summed E-state index contributed by atoms with van der Waals surface area (Å²) in [7, 11) is 4.31. The molecule has 0 saturated carbocycles. The second-order valence-corrected chi connectivity index (χ2v) is 14.2. The molecule has 0 heterocycles. The maximum absolute atomic E-state index is 11.3. The second-order valence-electron chi connectivity index (χ2n) is 14.2. The zero-order chi connectivity index (χ0) is 46.2. The van der Waals surface area contributed by atoms with Crippen molar-refractivity contribution < 1.29 is 58.3 Å². The van der Waals surface area contributed by atoms with Gasteiger partial charge in [-0.15, -0.1) is 0 Å². The van der Waals surface area contributed by atoms with Crippen molar-refractivity contribution in [2.45, 2.75) is 38.3 Å². The lowest BCUT2D eigenvalue weighted by Crippen LogP contribution is -2.13. The fraction of sp³-hybridized carbons (Fsp3) is 0.216. The molecule has 0 amide bonds. The molecule has 338 valence electrons. The second kappa shape index (κ2) is 26.1. The highest BCUT2D eigenvalue weighted by molar-refractivity contribution is 6.01. The van der Waals surface area contributed by atoms with Gasteiger partial charge in [-0.1, -0.05) is 120 Å². The zero-order valence-corrected chi connectivity index (χ0v) is 36.3. The van der Waals surface area contributed by atoms with Gasteiger partial charge in [-0.2, -0.15) is 0 Å². The minimum Gasteiger partial charge on any atom is -0.489 e. The van der Waals surface area contributed by atoms with E-state index in [-0.39, 0.29) is 26.1 Å². The Labute approximate surface area is 377 Å². The summed E-state index contributed by atoms with van der Waals surface area (Å²) in [6.45, 7) is 1.29. The number of ether oxygens (including phenoxy) is 5. The van der Waals surface area contributed by atoms with Crippen LogP contribution in [0.5, 0.6) is 23.0 Å². The lowest BCUT2D eigenvalue weighted by Gasteiger charge is -2.12. The number of carboxylic acid groups (broad SMARTS) is 1. The van der Waals surface area contributed by atoms with Crippen LogP contribution < -0.4 is 18.9 Å². The van der Waals surface area contributed by atoms with E-state index in [0.29, 0.717) is 58.8 Å². The standard InChI is InChI=1S/C26H27NO6.C25H25NO6/c1-30-26(29)16-25(28)21-10-14-23(15-11-21)32-17-19-8-12-22(13-9-19)33-18-24(27-31-2)20-6-4-3-5-7-20;1-30-26-23(19-5-3-2-4-6-19)17-32-21-11-7-18(8-12-21)16-31-22-13-9-20(10-14-22)24(27)15-25(28)29/h3-15,25,28H,16-18H2,1-2H3;2-14,24,27H,15-17H2,1H3,(H,28,29)/b27-24+;26-23+. The quantitative estimate of drug-likeness (QED) is 0.0336. The molecule has 14 heteroatoms. The zero-order valence-electron chi connectivity index (χ0n) is 36.3. The number of rotatable bonds is 22. The molecule has 0 aromatic heterocycles. The van der Waals surface area contributed by atoms with Crippen molar-refractivity contribution in [2.75, 3.05) is 34.5 Å². The van der Waals surface area contributed by atoms with Gasteiger partial charge in [0, 0.05) is 11.1 Å². The monoisotopic (exact) mass is 884 g/mol. The molecule has 6 aromatic rings. The lowest BCUT2D eigenvalue weighted by molar-refractivity contribution is -0.143. The molecule has 65 heavy (non-hydrogen) atoms. The Morgan fingerprint density at radius 3 is 1.18 bits per heavy atom. The molecule has 0 saturated heterocycles. The average Bonchev–Trinajstić information content (AvgIpc) is 3.34. The van der Waals surface area contributed by atoms with Crippen molar-refractivity contribution in [3.05, 3.63) is 191 Å². The van der Waals surface area contributed by atoms with Gasteiger partial charge in [0.25, 0.3) is 0 Å². The number of methoxy groups -OCH3 is 1. The smallest absolute Gasteiger partial charge is 0.308 e. The Balaban J connectivity index is 0.000000244. The van der Waals surface area contributed by atoms with Crippen molar-refractivity contribution in [3.8, 4) is 23.0 Å². The molecule has 0 aliphatic carbocycles. The van der Waals surface area contributed by atoms with Gasteiger partial charge >= 0.3 is 11.9 Å². The molecule has 6 rings (SSSR count). The van der Waals surface area contributed by atoms with Crippen molar-refractivity contribution >= 4 is 23.4 Å². The molecule has 0 aliphatic rings. The SMILES string of the molecule is CO/N=C(\COc1ccc(COc2ccc(C(O)CC(=O)O)cc2)cc1)c1ccccc1.CO/N=C(\COc1ccc(COc2ccc(C(O)CC(=O)OC)cc2)cc1)c1ccccc1. The van der Waals surface area contributed by atoms with Crippen LogP contribution in [0.15, 0.2) is 168 Å². The maximum atomic E-state index is 11.3. The van der Waals surface area contributed by atoms with Crippen molar-refractivity contribution in [1.29, 1.82) is 0 Å². The topological polar surface area (TPSA) is 184 Å². The van der Waals surface area contributed by atoms with E-state index in [4.69, 9.17) is 33.7 Å². The number of aliphatic carboxylic acids is 1. The minimum atomic E-state index is -1.05. The van der Waals surface area contributed by atoms with Gasteiger partial charge in [-0.25, -0.2) is 0 Å². The molecule has 3 N–H and O–H groups in total. The van der Waals surface area contributed by atoms with Gasteiger partial charge in [-0.3, -0.25) is 9.59 Å². The Hall–Kier alpha value is -7.68. The number of hydrogen-bond acceptors (Lipinski definition) is 13. The predicted molar refractivity (Wildman–Crippen MR) is 244 cm³/mol. The van der Waals surface area contributed by atoms with Crippen LogP contribution in [0.4, 0.5) is 0 Å². The lowest BCUT2D eigenvalue weighted by atomic mass is 10.1. The number of carbonyl (C=O) groups excluding carboxylic acids is 1. The van der Waals surface area contributed by atoms with Crippen LogP contribution in [0.3, 0.4) is 0 Å². The number of aliphatic hydroxyl groups excluding tert-OH is 2. The molecular weight excluding hydrogens is 833 g/mol. The van der Waals surface area contributed by atoms with Gasteiger partial charge in [0.15, 0.2) is 0 Å². The molecular formula is C51H52N2O12. The predicted octanol–water partition coefficient (Wildman–Crippen LogP) is 8.49. The van der Waals surface area contributed by atoms with Crippen LogP contribution in [0.25, 0.3) is 0 Å². The summed E-state index contributed by atoms with van der Waals surface area (Å²) in [5, 5.41) is 36.8. The summed E-state index contributed by atoms with van der Waals surface area (Å²) in [4.78, 5) is 31.9. The van der Waals surface area contributed by atoms with Gasteiger partial charge in [0.1, 0.15) is 75.1 Å². The number of aliphatic hydroxyl groups is 2. The molecule has 6 aromatic carbocycles. The summed E-state index contributed by atoms with van der Waals surface area (Å²) >= 11 is 0. The number of hydrogen-bond donors (Lipinski definition) is 3. The third kappa shape index (κ3) is 16.5. The molecule has 0 aliphatic heterocycles. The Kier molecular flexibility index (Phi) is 19.4. The first-order valence-electron chi connectivity index (χ1n) is 20.5. The first-order valence-corrected chi connectivity index (χ1v) is 20.5. The summed E-state index contributed by atoms with van der Waals surface area (Å²) in [6, 6.07) is 48.3. The fourth-order valence-electron chi connectivity index (χ4n) is 6.02. The largest absolute Gasteiger partial charge is 0.489 e. The fourth-order valence-corrected chi connectivity index (χ4v) is 6.02. The highest BCUT2D eigenvalue weighted by atomic mass is 16.6. The number of nitrogens with zero attached hydrogens (tertiary/aromatic N) is 2. The van der Waals surface area contributed by atoms with E-state index in [2.05, 4.69) is 15.0 Å². The molecule has 2 atom stereocenters. The number of carbonyl (C=O) groups is 2. The highest BCUT2D eigenvalue weighted by Crippen LogP contribution is 2.24. The maximum Gasteiger partial charge on any atom is 0.308 e. The van der Waals surface area contributed by atoms with Gasteiger partial charge in [-0.05, 0) is 70.8 Å². The Morgan fingerprint density at radius 1 is 0.477 bits per heavy atom. The number of esters is 1.